The van der Waals surface area contributed by atoms with Crippen LogP contribution in [-0.2, 0) is 0 Å². The van der Waals surface area contributed by atoms with Crippen LogP contribution in [0.1, 0.15) is 10.6 Å². The summed E-state index contributed by atoms with van der Waals surface area (Å²) in [6, 6.07) is 9.71. The van der Waals surface area contributed by atoms with Crippen molar-refractivity contribution in [2.75, 3.05) is 7.11 Å². The van der Waals surface area contributed by atoms with Crippen molar-refractivity contribution < 1.29 is 14.8 Å². The highest BCUT2D eigenvalue weighted by Crippen LogP contribution is 2.29. The van der Waals surface area contributed by atoms with Gasteiger partial charge in [-0.25, -0.2) is 4.98 Å². The Kier molecular flexibility index (Phi) is 3.94. The minimum Gasteiger partial charge on any atom is -0.504 e. The molecule has 0 atom stereocenters. The summed E-state index contributed by atoms with van der Waals surface area (Å²) < 4.78 is 5.88. The quantitative estimate of drug-likeness (QED) is 0.576. The normalized spacial score (nSPS) is 11.2. The molecule has 1 N–H and O–H groups in total. The van der Waals surface area contributed by atoms with E-state index in [1.807, 2.05) is 12.1 Å². The van der Waals surface area contributed by atoms with Crippen molar-refractivity contribution in [3.63, 3.8) is 0 Å². The number of hydrogen-bond acceptors (Lipinski definition) is 6. The Balaban J connectivity index is 1.88. The van der Waals surface area contributed by atoms with Gasteiger partial charge >= 0.3 is 0 Å². The van der Waals surface area contributed by atoms with Crippen LogP contribution >= 0.6 is 11.3 Å². The third-order valence-corrected chi connectivity index (χ3v) is 4.22. The molecule has 3 rings (SSSR count). The Hall–Kier alpha value is -2.93. The van der Waals surface area contributed by atoms with Gasteiger partial charge in [-0.2, -0.15) is 0 Å². The molecule has 0 amide bonds. The van der Waals surface area contributed by atoms with E-state index in [2.05, 4.69) is 4.98 Å². The van der Waals surface area contributed by atoms with Gasteiger partial charge in [-0.3, -0.25) is 10.1 Å². The number of nitro benzene ring substituents is 1. The van der Waals surface area contributed by atoms with Crippen LogP contribution in [-0.4, -0.2) is 22.1 Å². The summed E-state index contributed by atoms with van der Waals surface area (Å²) in [5, 5.41) is 21.3. The Labute approximate surface area is 135 Å². The van der Waals surface area contributed by atoms with Crippen LogP contribution in [0.15, 0.2) is 36.4 Å². The van der Waals surface area contributed by atoms with Gasteiger partial charge in [0, 0.05) is 12.1 Å². The van der Waals surface area contributed by atoms with Gasteiger partial charge in [0.25, 0.3) is 5.69 Å². The van der Waals surface area contributed by atoms with E-state index < -0.39 is 4.92 Å². The van der Waals surface area contributed by atoms with Gasteiger partial charge in [-0.15, -0.1) is 11.3 Å². The summed E-state index contributed by atoms with van der Waals surface area (Å²) in [5.41, 5.74) is 1.42. The van der Waals surface area contributed by atoms with Crippen LogP contribution in [0.4, 0.5) is 5.69 Å². The zero-order valence-corrected chi connectivity index (χ0v) is 12.9. The number of benzene rings is 2. The highest BCUT2D eigenvalue weighted by atomic mass is 32.1. The van der Waals surface area contributed by atoms with E-state index >= 15 is 0 Å². The molecule has 7 heteroatoms. The number of methoxy groups -OCH3 is 1. The number of rotatable bonds is 4. The molecular weight excluding hydrogens is 316 g/mol. The predicted molar refractivity (Wildman–Crippen MR) is 89.9 cm³/mol. The summed E-state index contributed by atoms with van der Waals surface area (Å²) >= 11 is 1.44. The van der Waals surface area contributed by atoms with E-state index in [0.29, 0.717) is 11.3 Å². The van der Waals surface area contributed by atoms with Gasteiger partial charge in [0.1, 0.15) is 5.01 Å². The zero-order chi connectivity index (χ0) is 16.4. The van der Waals surface area contributed by atoms with E-state index in [4.69, 9.17) is 4.74 Å². The highest BCUT2D eigenvalue weighted by Gasteiger charge is 2.09. The van der Waals surface area contributed by atoms with Gasteiger partial charge < -0.3 is 9.84 Å². The largest absolute Gasteiger partial charge is 0.504 e. The lowest BCUT2D eigenvalue weighted by molar-refractivity contribution is -0.384. The van der Waals surface area contributed by atoms with Crippen molar-refractivity contribution in [3.05, 3.63) is 57.1 Å². The smallest absolute Gasteiger partial charge is 0.271 e. The lowest BCUT2D eigenvalue weighted by Crippen LogP contribution is -1.86. The number of thiazole rings is 1. The molecule has 0 bridgehead atoms. The molecule has 0 unspecified atom stereocenters. The molecule has 0 spiro atoms. The molecule has 23 heavy (non-hydrogen) atoms. The standard InChI is InChI=1S/C16H12N2O4S/c1-22-14-5-2-10(8-13(14)19)3-7-16-17-12-9-11(18(20)21)4-6-15(12)23-16/h2-9,19H,1H3/b7-3+. The molecule has 116 valence electrons. The molecule has 0 fully saturated rings. The molecular formula is C16H12N2O4S. The molecule has 1 heterocycles. The average molecular weight is 328 g/mol. The van der Waals surface area contributed by atoms with Crippen molar-refractivity contribution in [2.45, 2.75) is 0 Å². The van der Waals surface area contributed by atoms with Gasteiger partial charge in [-0.1, -0.05) is 12.1 Å². The second-order valence-electron chi connectivity index (χ2n) is 4.73. The van der Waals surface area contributed by atoms with Crippen molar-refractivity contribution >= 4 is 39.4 Å². The summed E-state index contributed by atoms with van der Waals surface area (Å²) in [5.74, 6) is 0.476. The first-order valence-electron chi connectivity index (χ1n) is 6.67. The van der Waals surface area contributed by atoms with Gasteiger partial charge in [0.05, 0.1) is 22.2 Å². The molecule has 0 aliphatic rings. The fourth-order valence-electron chi connectivity index (χ4n) is 2.10. The third-order valence-electron chi connectivity index (χ3n) is 3.22. The Morgan fingerprint density at radius 3 is 2.78 bits per heavy atom. The maximum absolute atomic E-state index is 10.8. The average Bonchev–Trinajstić information content (AvgIpc) is 2.95. The number of nitro groups is 1. The maximum Gasteiger partial charge on any atom is 0.271 e. The maximum atomic E-state index is 10.8. The third kappa shape index (κ3) is 3.14. The first-order chi connectivity index (χ1) is 11.1. The molecule has 0 saturated heterocycles. The van der Waals surface area contributed by atoms with Crippen LogP contribution in [0, 0.1) is 10.1 Å². The fourth-order valence-corrected chi connectivity index (χ4v) is 2.95. The number of non-ortho nitro benzene ring substituents is 1. The minimum absolute atomic E-state index is 0.0263. The van der Waals surface area contributed by atoms with Gasteiger partial charge in [-0.05, 0) is 29.8 Å². The Bertz CT molecular complexity index is 918. The first-order valence-corrected chi connectivity index (χ1v) is 7.48. The number of fused-ring (bicyclic) bond motifs is 1. The summed E-state index contributed by atoms with van der Waals surface area (Å²) in [4.78, 5) is 14.7. The molecule has 3 aromatic rings. The van der Waals surface area contributed by atoms with E-state index in [9.17, 15) is 15.2 Å². The van der Waals surface area contributed by atoms with E-state index in [1.54, 1.807) is 24.3 Å². The molecule has 1 aromatic heterocycles. The molecule has 2 aromatic carbocycles. The number of phenols is 1. The summed E-state index contributed by atoms with van der Waals surface area (Å²) in [7, 11) is 1.49. The predicted octanol–water partition coefficient (Wildman–Crippen LogP) is 4.09. The fraction of sp³-hybridized carbons (Fsp3) is 0.0625. The van der Waals surface area contributed by atoms with Crippen molar-refractivity contribution in [1.82, 2.24) is 4.98 Å². The molecule has 0 aliphatic carbocycles. The highest BCUT2D eigenvalue weighted by molar-refractivity contribution is 7.19. The lowest BCUT2D eigenvalue weighted by Gasteiger charge is -2.02. The molecule has 0 saturated carbocycles. The SMILES string of the molecule is COc1ccc(/C=C/c2nc3cc([N+](=O)[O-])ccc3s2)cc1O. The number of nitrogens with zero attached hydrogens (tertiary/aromatic N) is 2. The van der Waals surface area contributed by atoms with Gasteiger partial charge in [0.15, 0.2) is 11.5 Å². The molecule has 0 aliphatic heterocycles. The second kappa shape index (κ2) is 6.05. The number of aromatic nitrogens is 1. The lowest BCUT2D eigenvalue weighted by atomic mass is 10.2. The van der Waals surface area contributed by atoms with E-state index in [-0.39, 0.29) is 11.4 Å². The van der Waals surface area contributed by atoms with E-state index in [1.165, 1.54) is 30.6 Å². The number of aromatic hydroxyl groups is 1. The van der Waals surface area contributed by atoms with Crippen LogP contribution in [0.2, 0.25) is 0 Å². The van der Waals surface area contributed by atoms with E-state index in [0.717, 1.165) is 15.3 Å². The molecule has 6 nitrogen and oxygen atoms in total. The number of hydrogen-bond donors (Lipinski definition) is 1. The monoisotopic (exact) mass is 328 g/mol. The zero-order valence-electron chi connectivity index (χ0n) is 12.1. The second-order valence-corrected chi connectivity index (χ2v) is 5.79. The van der Waals surface area contributed by atoms with Crippen LogP contribution in [0.25, 0.3) is 22.4 Å². The summed E-state index contributed by atoms with van der Waals surface area (Å²) in [6.07, 6.45) is 3.61. The first kappa shape index (κ1) is 15.0. The number of phenolic OH excluding ortho intramolecular Hbond substituents is 1. The topological polar surface area (TPSA) is 85.5 Å². The Morgan fingerprint density at radius 1 is 1.26 bits per heavy atom. The van der Waals surface area contributed by atoms with Crippen LogP contribution in [0.5, 0.6) is 11.5 Å². The summed E-state index contributed by atoms with van der Waals surface area (Å²) in [6.45, 7) is 0. The van der Waals surface area contributed by atoms with Crippen LogP contribution in [0.3, 0.4) is 0 Å². The number of ether oxygens (including phenoxy) is 1. The van der Waals surface area contributed by atoms with Crippen molar-refractivity contribution in [2.24, 2.45) is 0 Å². The van der Waals surface area contributed by atoms with Gasteiger partial charge in [0.2, 0.25) is 0 Å². The minimum atomic E-state index is -0.436. The van der Waals surface area contributed by atoms with Crippen molar-refractivity contribution in [1.29, 1.82) is 0 Å². The van der Waals surface area contributed by atoms with Crippen molar-refractivity contribution in [3.8, 4) is 11.5 Å². The Morgan fingerprint density at radius 2 is 2.09 bits per heavy atom. The molecule has 0 radical (unpaired) electrons. The van der Waals surface area contributed by atoms with Crippen LogP contribution < -0.4 is 4.74 Å².